The Kier molecular flexibility index (Phi) is 7.75. The second-order valence-corrected chi connectivity index (χ2v) is 5.77. The average Bonchev–Trinajstić information content (AvgIpc) is 2.91. The summed E-state index contributed by atoms with van der Waals surface area (Å²) >= 11 is 0. The Labute approximate surface area is 129 Å². The largest absolute Gasteiger partial charge is 0.493 e. The summed E-state index contributed by atoms with van der Waals surface area (Å²) in [6, 6.07) is 0.553. The lowest BCUT2D eigenvalue weighted by molar-refractivity contribution is 0.105. The highest BCUT2D eigenvalue weighted by Crippen LogP contribution is 2.30. The molecule has 5 heteroatoms. The lowest BCUT2D eigenvalue weighted by Crippen LogP contribution is -2.27. The van der Waals surface area contributed by atoms with Gasteiger partial charge in [0, 0.05) is 13.2 Å². The van der Waals surface area contributed by atoms with Gasteiger partial charge < -0.3 is 14.8 Å². The van der Waals surface area contributed by atoms with Gasteiger partial charge in [0.15, 0.2) is 5.75 Å². The van der Waals surface area contributed by atoms with E-state index in [1.165, 1.54) is 0 Å². The van der Waals surface area contributed by atoms with Crippen LogP contribution < -0.4 is 10.1 Å². The number of methoxy groups -OCH3 is 2. The predicted octanol–water partition coefficient (Wildman–Crippen LogP) is 3.33. The van der Waals surface area contributed by atoms with Crippen LogP contribution in [0.3, 0.4) is 0 Å². The van der Waals surface area contributed by atoms with Crippen molar-refractivity contribution in [2.75, 3.05) is 20.8 Å². The highest BCUT2D eigenvalue weighted by Gasteiger charge is 2.23. The smallest absolute Gasteiger partial charge is 0.161 e. The Morgan fingerprint density at radius 2 is 1.95 bits per heavy atom. The van der Waals surface area contributed by atoms with Gasteiger partial charge in [0.1, 0.15) is 0 Å². The van der Waals surface area contributed by atoms with E-state index in [4.69, 9.17) is 9.47 Å². The summed E-state index contributed by atoms with van der Waals surface area (Å²) in [5.41, 5.74) is 1.14. The molecule has 0 aliphatic rings. The van der Waals surface area contributed by atoms with E-state index in [9.17, 15) is 0 Å². The Hall–Kier alpha value is -1.07. The van der Waals surface area contributed by atoms with Crippen LogP contribution in [0.4, 0.5) is 0 Å². The summed E-state index contributed by atoms with van der Waals surface area (Å²) in [5, 5.41) is 8.11. The molecule has 1 aromatic rings. The van der Waals surface area contributed by atoms with Crippen LogP contribution in [0.25, 0.3) is 0 Å². The van der Waals surface area contributed by atoms with Crippen LogP contribution in [-0.2, 0) is 4.74 Å². The maximum atomic E-state index is 5.52. The molecule has 5 nitrogen and oxygen atoms in total. The summed E-state index contributed by atoms with van der Waals surface area (Å²) < 4.78 is 13.0. The third kappa shape index (κ3) is 5.00. The molecule has 0 saturated carbocycles. The van der Waals surface area contributed by atoms with Gasteiger partial charge in [-0.25, -0.2) is 0 Å². The van der Waals surface area contributed by atoms with Crippen molar-refractivity contribution < 1.29 is 9.47 Å². The fourth-order valence-electron chi connectivity index (χ4n) is 2.43. The van der Waals surface area contributed by atoms with E-state index in [0.717, 1.165) is 37.3 Å². The average molecular weight is 297 g/mol. The van der Waals surface area contributed by atoms with Crippen molar-refractivity contribution in [1.29, 1.82) is 0 Å². The molecule has 1 rings (SSSR count). The molecule has 2 atom stereocenters. The van der Waals surface area contributed by atoms with Gasteiger partial charge in [-0.15, -0.1) is 0 Å². The second-order valence-electron chi connectivity index (χ2n) is 5.77. The monoisotopic (exact) mass is 297 g/mol. The van der Waals surface area contributed by atoms with Gasteiger partial charge in [0.05, 0.1) is 31.1 Å². The van der Waals surface area contributed by atoms with E-state index in [0.29, 0.717) is 6.04 Å². The van der Waals surface area contributed by atoms with Crippen LogP contribution in [-0.4, -0.2) is 36.6 Å². The minimum Gasteiger partial charge on any atom is -0.493 e. The highest BCUT2D eigenvalue weighted by atomic mass is 16.5. The minimum atomic E-state index is 0.238. The standard InChI is InChI=1S/C16H31N3O2/c1-7-10-17-14(9-8-13(4)20-5)16-15(21-6)11-18-19(16)12(2)3/h11-14,17H,7-10H2,1-6H3. The van der Waals surface area contributed by atoms with Crippen LogP contribution in [0, 0.1) is 0 Å². The Morgan fingerprint density at radius 3 is 2.48 bits per heavy atom. The summed E-state index contributed by atoms with van der Waals surface area (Å²) in [7, 11) is 3.47. The maximum absolute atomic E-state index is 5.52. The molecule has 1 N–H and O–H groups in total. The first kappa shape index (κ1) is 18.0. The van der Waals surface area contributed by atoms with Gasteiger partial charge in [-0.3, -0.25) is 4.68 Å². The summed E-state index contributed by atoms with van der Waals surface area (Å²) in [5.74, 6) is 0.863. The quantitative estimate of drug-likeness (QED) is 0.719. The molecular formula is C16H31N3O2. The minimum absolute atomic E-state index is 0.238. The van der Waals surface area contributed by atoms with E-state index in [1.807, 2.05) is 6.20 Å². The van der Waals surface area contributed by atoms with E-state index in [2.05, 4.69) is 42.8 Å². The zero-order valence-electron chi connectivity index (χ0n) is 14.3. The molecule has 0 bridgehead atoms. The van der Waals surface area contributed by atoms with Crippen molar-refractivity contribution in [2.45, 2.75) is 65.1 Å². The van der Waals surface area contributed by atoms with Crippen molar-refractivity contribution in [3.8, 4) is 5.75 Å². The topological polar surface area (TPSA) is 48.3 Å². The van der Waals surface area contributed by atoms with Gasteiger partial charge in [-0.05, 0) is 46.6 Å². The Bertz CT molecular complexity index is 404. The van der Waals surface area contributed by atoms with E-state index in [-0.39, 0.29) is 12.1 Å². The zero-order chi connectivity index (χ0) is 15.8. The fourth-order valence-corrected chi connectivity index (χ4v) is 2.43. The zero-order valence-corrected chi connectivity index (χ0v) is 14.3. The summed E-state index contributed by atoms with van der Waals surface area (Å²) in [6.07, 6.45) is 5.19. The molecule has 0 aliphatic carbocycles. The second kappa shape index (κ2) is 9.05. The lowest BCUT2D eigenvalue weighted by Gasteiger charge is -2.23. The molecule has 1 heterocycles. The van der Waals surface area contributed by atoms with Crippen LogP contribution in [0.15, 0.2) is 6.20 Å². The van der Waals surface area contributed by atoms with Gasteiger partial charge in [0.25, 0.3) is 0 Å². The number of ether oxygens (including phenoxy) is 2. The van der Waals surface area contributed by atoms with Crippen molar-refractivity contribution in [2.24, 2.45) is 0 Å². The first-order valence-electron chi connectivity index (χ1n) is 7.92. The molecule has 0 aliphatic heterocycles. The number of aromatic nitrogens is 2. The highest BCUT2D eigenvalue weighted by molar-refractivity contribution is 5.28. The van der Waals surface area contributed by atoms with Crippen LogP contribution in [0.5, 0.6) is 5.75 Å². The van der Waals surface area contributed by atoms with Crippen molar-refractivity contribution in [3.63, 3.8) is 0 Å². The van der Waals surface area contributed by atoms with Crippen molar-refractivity contribution in [1.82, 2.24) is 15.1 Å². The van der Waals surface area contributed by atoms with Crippen LogP contribution >= 0.6 is 0 Å². The first-order chi connectivity index (χ1) is 10.0. The number of nitrogens with zero attached hydrogens (tertiary/aromatic N) is 2. The Balaban J connectivity index is 2.97. The number of rotatable bonds is 10. The molecule has 2 unspecified atom stereocenters. The molecule has 1 aromatic heterocycles. The fraction of sp³-hybridized carbons (Fsp3) is 0.812. The Morgan fingerprint density at radius 1 is 1.24 bits per heavy atom. The number of hydrogen-bond acceptors (Lipinski definition) is 4. The van der Waals surface area contributed by atoms with E-state index < -0.39 is 0 Å². The van der Waals surface area contributed by atoms with Crippen molar-refractivity contribution in [3.05, 3.63) is 11.9 Å². The molecular weight excluding hydrogens is 266 g/mol. The van der Waals surface area contributed by atoms with Crippen LogP contribution in [0.2, 0.25) is 0 Å². The van der Waals surface area contributed by atoms with E-state index >= 15 is 0 Å². The van der Waals surface area contributed by atoms with E-state index in [1.54, 1.807) is 14.2 Å². The third-order valence-corrected chi connectivity index (χ3v) is 3.74. The molecule has 0 amide bonds. The molecule has 0 saturated heterocycles. The predicted molar refractivity (Wildman–Crippen MR) is 85.9 cm³/mol. The van der Waals surface area contributed by atoms with Gasteiger partial charge >= 0.3 is 0 Å². The SMILES string of the molecule is CCCNC(CCC(C)OC)c1c(OC)cnn1C(C)C. The van der Waals surface area contributed by atoms with Gasteiger partial charge in [0.2, 0.25) is 0 Å². The summed E-state index contributed by atoms with van der Waals surface area (Å²) in [4.78, 5) is 0. The molecule has 0 fully saturated rings. The first-order valence-corrected chi connectivity index (χ1v) is 7.92. The van der Waals surface area contributed by atoms with Crippen LogP contribution in [0.1, 0.15) is 64.7 Å². The normalized spacial score (nSPS) is 14.4. The molecule has 0 spiro atoms. The molecule has 0 radical (unpaired) electrons. The molecule has 122 valence electrons. The van der Waals surface area contributed by atoms with Gasteiger partial charge in [-0.2, -0.15) is 5.10 Å². The number of nitrogens with one attached hydrogen (secondary N) is 1. The third-order valence-electron chi connectivity index (χ3n) is 3.74. The lowest BCUT2D eigenvalue weighted by atomic mass is 10.0. The maximum Gasteiger partial charge on any atom is 0.161 e. The van der Waals surface area contributed by atoms with Crippen molar-refractivity contribution >= 4 is 0 Å². The summed E-state index contributed by atoms with van der Waals surface area (Å²) in [6.45, 7) is 9.56. The molecule has 0 aromatic carbocycles. The van der Waals surface area contributed by atoms with Gasteiger partial charge in [-0.1, -0.05) is 6.92 Å². The molecule has 21 heavy (non-hydrogen) atoms. The number of hydrogen-bond donors (Lipinski definition) is 1.